The summed E-state index contributed by atoms with van der Waals surface area (Å²) in [5.41, 5.74) is 0. The van der Waals surface area contributed by atoms with Crippen LogP contribution in [0, 0.1) is 0 Å². The molecule has 0 aliphatic carbocycles. The molecule has 0 aromatic carbocycles. The molecule has 2 atom stereocenters. The van der Waals surface area contributed by atoms with E-state index in [1.54, 1.807) is 21.1 Å². The minimum atomic E-state index is -1.14. The van der Waals surface area contributed by atoms with E-state index in [0.717, 1.165) is 38.5 Å². The van der Waals surface area contributed by atoms with Crippen molar-refractivity contribution in [2.75, 3.05) is 41.0 Å². The van der Waals surface area contributed by atoms with Crippen LogP contribution in [-0.4, -0.2) is 75.5 Å². The van der Waals surface area contributed by atoms with E-state index in [-0.39, 0.29) is 49.1 Å². The molecule has 0 saturated heterocycles. The number of aliphatic carboxylic acids is 1. The average molecular weight is 782 g/mol. The van der Waals surface area contributed by atoms with Crippen molar-refractivity contribution < 1.29 is 38.2 Å². The zero-order valence-electron chi connectivity index (χ0n) is 36.0. The number of likely N-dealkylation sites (N-methyl/N-ethyl adjacent to an activating group) is 1. The summed E-state index contributed by atoms with van der Waals surface area (Å²) in [5, 5.41) is 11.6. The summed E-state index contributed by atoms with van der Waals surface area (Å²) >= 11 is 0. The van der Waals surface area contributed by atoms with E-state index in [1.165, 1.54) is 70.6 Å². The van der Waals surface area contributed by atoms with Crippen molar-refractivity contribution in [2.24, 2.45) is 0 Å². The molecule has 0 radical (unpaired) electrons. The van der Waals surface area contributed by atoms with Gasteiger partial charge in [0.1, 0.15) is 12.6 Å². The lowest BCUT2D eigenvalue weighted by Gasteiger charge is -2.34. The predicted octanol–water partition coefficient (Wildman–Crippen LogP) is 10.4. The third-order valence-corrected chi connectivity index (χ3v) is 9.17. The Morgan fingerprint density at radius 3 is 1.55 bits per heavy atom. The summed E-state index contributed by atoms with van der Waals surface area (Å²) in [7, 11) is 5.37. The first-order valence-electron chi connectivity index (χ1n) is 21.7. The lowest BCUT2D eigenvalue weighted by molar-refractivity contribution is -0.889. The van der Waals surface area contributed by atoms with Gasteiger partial charge in [0.05, 0.1) is 40.3 Å². The predicted molar refractivity (Wildman–Crippen MR) is 231 cm³/mol. The zero-order valence-corrected chi connectivity index (χ0v) is 36.0. The van der Waals surface area contributed by atoms with Crippen molar-refractivity contribution in [1.29, 1.82) is 0 Å². The molecule has 0 rings (SSSR count). The van der Waals surface area contributed by atoms with E-state index >= 15 is 0 Å². The first-order chi connectivity index (χ1) is 27.1. The number of carbonyl (C=O) groups excluding carboxylic acids is 3. The number of hydrogen-bond donors (Lipinski definition) is 0. The Balaban J connectivity index is 4.43. The first-order valence-corrected chi connectivity index (χ1v) is 21.7. The largest absolute Gasteiger partial charge is 0.544 e. The number of esters is 2. The van der Waals surface area contributed by atoms with Gasteiger partial charge in [-0.2, -0.15) is 0 Å². The number of carboxylic acid groups (broad SMARTS) is 1. The lowest BCUT2D eigenvalue weighted by Crippen LogP contribution is -2.55. The molecule has 0 fully saturated rings. The summed E-state index contributed by atoms with van der Waals surface area (Å²) in [6.07, 6.45) is 49.0. The molecular formula is C48H79NO7. The molecule has 0 N–H and O–H groups in total. The van der Waals surface area contributed by atoms with Crippen LogP contribution in [0.25, 0.3) is 0 Å². The Morgan fingerprint density at radius 1 is 0.554 bits per heavy atom. The van der Waals surface area contributed by atoms with Crippen molar-refractivity contribution in [3.63, 3.8) is 0 Å². The van der Waals surface area contributed by atoms with Gasteiger partial charge in [0.25, 0.3) is 0 Å². The molecule has 0 saturated carbocycles. The van der Waals surface area contributed by atoms with Crippen molar-refractivity contribution in [2.45, 2.75) is 161 Å². The molecule has 318 valence electrons. The van der Waals surface area contributed by atoms with E-state index in [2.05, 4.69) is 44.2 Å². The van der Waals surface area contributed by atoms with Crippen LogP contribution in [0.1, 0.15) is 149 Å². The SMILES string of the molecule is CC/C=C/C=C/C=C/C=C/C=C/CCCC(=O)OCC(COCCC(C(=O)[O-])[N+](C)(C)C)OC(=O)CCCCCCCCCCCC/C=C/C=C/CCCCC. The maximum atomic E-state index is 12.7. The summed E-state index contributed by atoms with van der Waals surface area (Å²) in [6.45, 7) is 4.39. The smallest absolute Gasteiger partial charge is 0.306 e. The minimum Gasteiger partial charge on any atom is -0.544 e. The Labute approximate surface area is 342 Å². The molecule has 0 bridgehead atoms. The monoisotopic (exact) mass is 782 g/mol. The lowest BCUT2D eigenvalue weighted by atomic mass is 10.1. The minimum absolute atomic E-state index is 0.0118. The third kappa shape index (κ3) is 36.2. The van der Waals surface area contributed by atoms with Crippen LogP contribution in [0.5, 0.6) is 0 Å². The highest BCUT2D eigenvalue weighted by Crippen LogP contribution is 2.14. The van der Waals surface area contributed by atoms with Crippen molar-refractivity contribution in [3.8, 4) is 0 Å². The van der Waals surface area contributed by atoms with Crippen LogP contribution in [-0.2, 0) is 28.6 Å². The number of rotatable bonds is 37. The summed E-state index contributed by atoms with van der Waals surface area (Å²) < 4.78 is 17.1. The molecular weight excluding hydrogens is 703 g/mol. The third-order valence-electron chi connectivity index (χ3n) is 9.17. The second-order valence-corrected chi connectivity index (χ2v) is 15.3. The molecule has 0 aromatic rings. The molecule has 8 nitrogen and oxygen atoms in total. The van der Waals surface area contributed by atoms with Crippen molar-refractivity contribution in [3.05, 3.63) is 85.1 Å². The number of carboxylic acids is 1. The molecule has 0 aromatic heterocycles. The molecule has 0 aliphatic heterocycles. The van der Waals surface area contributed by atoms with Gasteiger partial charge in [-0.25, -0.2) is 0 Å². The molecule has 0 amide bonds. The molecule has 56 heavy (non-hydrogen) atoms. The standard InChI is InChI=1S/C48H79NO7/c1-6-8-10-12-14-16-18-20-21-22-23-24-25-27-29-31-33-35-37-39-47(51)56-44(42-54-41-40-45(48(52)53)49(3,4)5)43-55-46(50)38-36-34-32-30-28-26-19-17-15-13-11-9-7-2/h9,11,13-20,26,28,30,32,44-45H,6-8,10,12,21-25,27,29,31,33-43H2,1-5H3/b11-9+,15-13+,16-14+,19-17+,20-18+,28-26+,32-30+. The Morgan fingerprint density at radius 2 is 1.02 bits per heavy atom. The first kappa shape index (κ1) is 52.5. The van der Waals surface area contributed by atoms with E-state index in [4.69, 9.17) is 14.2 Å². The fourth-order valence-corrected chi connectivity index (χ4v) is 5.80. The van der Waals surface area contributed by atoms with Crippen LogP contribution in [0.3, 0.4) is 0 Å². The van der Waals surface area contributed by atoms with Gasteiger partial charge in [-0.3, -0.25) is 9.59 Å². The summed E-state index contributed by atoms with van der Waals surface area (Å²) in [4.78, 5) is 36.8. The van der Waals surface area contributed by atoms with Gasteiger partial charge in [0.2, 0.25) is 0 Å². The van der Waals surface area contributed by atoms with Gasteiger partial charge >= 0.3 is 11.9 Å². The molecule has 8 heteroatoms. The Hall–Kier alpha value is -3.49. The van der Waals surface area contributed by atoms with E-state index < -0.39 is 18.1 Å². The molecule has 0 spiro atoms. The normalized spacial score (nSPS) is 13.8. The second-order valence-electron chi connectivity index (χ2n) is 15.3. The van der Waals surface area contributed by atoms with Crippen molar-refractivity contribution >= 4 is 17.9 Å². The van der Waals surface area contributed by atoms with Crippen LogP contribution in [0.2, 0.25) is 0 Å². The average Bonchev–Trinajstić information content (AvgIpc) is 3.15. The topological polar surface area (TPSA) is 102 Å². The van der Waals surface area contributed by atoms with Crippen LogP contribution < -0.4 is 5.11 Å². The van der Waals surface area contributed by atoms with Gasteiger partial charge in [-0.15, -0.1) is 0 Å². The zero-order chi connectivity index (χ0) is 41.4. The maximum Gasteiger partial charge on any atom is 0.306 e. The number of hydrogen-bond acceptors (Lipinski definition) is 7. The quantitative estimate of drug-likeness (QED) is 0.0268. The van der Waals surface area contributed by atoms with Crippen LogP contribution in [0.15, 0.2) is 85.1 Å². The second kappa shape index (κ2) is 38.4. The Bertz CT molecular complexity index is 1190. The number of carbonyl (C=O) groups is 3. The van der Waals surface area contributed by atoms with Gasteiger partial charge in [-0.1, -0.05) is 163 Å². The van der Waals surface area contributed by atoms with Crippen LogP contribution >= 0.6 is 0 Å². The summed E-state index contributed by atoms with van der Waals surface area (Å²) in [5.74, 6) is -1.85. The highest BCUT2D eigenvalue weighted by molar-refractivity contribution is 5.70. The van der Waals surface area contributed by atoms with Gasteiger partial charge < -0.3 is 28.6 Å². The van der Waals surface area contributed by atoms with E-state index in [9.17, 15) is 19.5 Å². The molecule has 0 heterocycles. The number of unbranched alkanes of at least 4 members (excludes halogenated alkanes) is 14. The fourth-order valence-electron chi connectivity index (χ4n) is 5.80. The molecule has 2 unspecified atom stereocenters. The van der Waals surface area contributed by atoms with Gasteiger partial charge in [0.15, 0.2) is 6.10 Å². The molecule has 0 aliphatic rings. The summed E-state index contributed by atoms with van der Waals surface area (Å²) in [6, 6.07) is -0.741. The number of quaternary nitrogens is 1. The van der Waals surface area contributed by atoms with Crippen molar-refractivity contribution in [1.82, 2.24) is 0 Å². The number of ether oxygens (including phenoxy) is 3. The van der Waals surface area contributed by atoms with Gasteiger partial charge in [0, 0.05) is 19.3 Å². The number of allylic oxidation sites excluding steroid dienone is 14. The highest BCUT2D eigenvalue weighted by Gasteiger charge is 2.25. The van der Waals surface area contributed by atoms with E-state index in [1.807, 2.05) is 54.7 Å². The van der Waals surface area contributed by atoms with Crippen LogP contribution in [0.4, 0.5) is 0 Å². The van der Waals surface area contributed by atoms with E-state index in [0.29, 0.717) is 12.8 Å². The highest BCUT2D eigenvalue weighted by atomic mass is 16.6. The van der Waals surface area contributed by atoms with Gasteiger partial charge in [-0.05, 0) is 51.4 Å². The number of nitrogens with zero attached hydrogens (tertiary/aromatic N) is 1. The fraction of sp³-hybridized carbons (Fsp3) is 0.646. The maximum absolute atomic E-state index is 12.7. The Kier molecular flexibility index (Phi) is 36.0.